The van der Waals surface area contributed by atoms with E-state index in [4.69, 9.17) is 14.2 Å². The third kappa shape index (κ3) is 4.54. The van der Waals surface area contributed by atoms with E-state index >= 15 is 0 Å². The van der Waals surface area contributed by atoms with Crippen molar-refractivity contribution in [2.75, 3.05) is 6.61 Å². The highest BCUT2D eigenvalue weighted by atomic mass is 16.6. The molecule has 6 nitrogen and oxygen atoms in total. The van der Waals surface area contributed by atoms with E-state index in [0.717, 1.165) is 56.3 Å². The Labute approximate surface area is 221 Å². The molecule has 1 atom stereocenters. The molecule has 0 spiro atoms. The van der Waals surface area contributed by atoms with Crippen LogP contribution in [-0.2, 0) is 28.6 Å². The molecule has 8 fully saturated rings. The van der Waals surface area contributed by atoms with Crippen molar-refractivity contribution in [1.82, 2.24) is 0 Å². The summed E-state index contributed by atoms with van der Waals surface area (Å²) in [5.74, 6) is 0.896. The molecule has 0 N–H and O–H groups in total. The average molecular weight is 513 g/mol. The second-order valence-electron chi connectivity index (χ2n) is 14.6. The zero-order chi connectivity index (χ0) is 26.2. The highest BCUT2D eigenvalue weighted by Gasteiger charge is 2.59. The lowest BCUT2D eigenvalue weighted by Gasteiger charge is -2.61. The SMILES string of the molecule is C=C(C)C(=O)OCC(C(=O)OC12CC3CC(CC(C3)C1)C2)C(=O)OC(C)(C)C12CC3CC(CC(C3)C1)C2. The molecule has 0 aliphatic heterocycles. The van der Waals surface area contributed by atoms with Crippen molar-refractivity contribution in [3.05, 3.63) is 12.2 Å². The van der Waals surface area contributed by atoms with Crippen molar-refractivity contribution in [3.8, 4) is 0 Å². The minimum absolute atomic E-state index is 0.0415. The quantitative estimate of drug-likeness (QED) is 0.178. The summed E-state index contributed by atoms with van der Waals surface area (Å²) in [7, 11) is 0. The van der Waals surface area contributed by atoms with Gasteiger partial charge in [-0.25, -0.2) is 4.79 Å². The number of hydrogen-bond acceptors (Lipinski definition) is 6. The van der Waals surface area contributed by atoms with E-state index in [2.05, 4.69) is 6.58 Å². The molecule has 8 saturated carbocycles. The first-order valence-electron chi connectivity index (χ1n) is 14.7. The summed E-state index contributed by atoms with van der Waals surface area (Å²) in [5, 5.41) is 0. The van der Waals surface area contributed by atoms with E-state index in [9.17, 15) is 14.4 Å². The summed E-state index contributed by atoms with van der Waals surface area (Å²) in [4.78, 5) is 39.6. The van der Waals surface area contributed by atoms with Gasteiger partial charge in [0.2, 0.25) is 0 Å². The van der Waals surface area contributed by atoms with Crippen LogP contribution < -0.4 is 0 Å². The minimum atomic E-state index is -1.27. The van der Waals surface area contributed by atoms with Crippen LogP contribution in [0.25, 0.3) is 0 Å². The van der Waals surface area contributed by atoms with Gasteiger partial charge in [0, 0.05) is 11.0 Å². The van der Waals surface area contributed by atoms with Crippen LogP contribution in [0, 0.1) is 46.8 Å². The summed E-state index contributed by atoms with van der Waals surface area (Å²) < 4.78 is 17.9. The predicted octanol–water partition coefficient (Wildman–Crippen LogP) is 5.77. The van der Waals surface area contributed by atoms with Crippen LogP contribution in [0.15, 0.2) is 12.2 Å². The maximum absolute atomic E-state index is 13.7. The number of rotatable bonds is 8. The van der Waals surface area contributed by atoms with Crippen LogP contribution in [0.4, 0.5) is 0 Å². The van der Waals surface area contributed by atoms with E-state index in [0.29, 0.717) is 17.8 Å². The predicted molar refractivity (Wildman–Crippen MR) is 137 cm³/mol. The Kier molecular flexibility index (Phi) is 6.08. The third-order valence-electron chi connectivity index (χ3n) is 11.3. The van der Waals surface area contributed by atoms with Gasteiger partial charge in [-0.3, -0.25) is 9.59 Å². The molecular weight excluding hydrogens is 468 g/mol. The number of carbonyl (C=O) groups excluding carboxylic acids is 3. The Morgan fingerprint density at radius 1 is 0.784 bits per heavy atom. The van der Waals surface area contributed by atoms with Crippen LogP contribution in [0.3, 0.4) is 0 Å². The molecule has 0 aromatic heterocycles. The first kappa shape index (κ1) is 25.4. The first-order valence-corrected chi connectivity index (χ1v) is 14.7. The van der Waals surface area contributed by atoms with Gasteiger partial charge in [0.25, 0.3) is 0 Å². The van der Waals surface area contributed by atoms with Gasteiger partial charge >= 0.3 is 17.9 Å². The van der Waals surface area contributed by atoms with Gasteiger partial charge in [-0.05, 0) is 133 Å². The Balaban J connectivity index is 1.19. The molecule has 37 heavy (non-hydrogen) atoms. The molecule has 8 aliphatic rings. The molecule has 8 bridgehead atoms. The van der Waals surface area contributed by atoms with Gasteiger partial charge < -0.3 is 14.2 Å². The largest absolute Gasteiger partial charge is 0.461 e. The molecule has 8 rings (SSSR count). The zero-order valence-corrected chi connectivity index (χ0v) is 22.9. The fourth-order valence-corrected chi connectivity index (χ4v) is 10.2. The highest BCUT2D eigenvalue weighted by molar-refractivity contribution is 5.96. The summed E-state index contributed by atoms with van der Waals surface area (Å²) in [6.07, 6.45) is 13.5. The molecule has 0 saturated heterocycles. The van der Waals surface area contributed by atoms with Crippen molar-refractivity contribution >= 4 is 17.9 Å². The summed E-state index contributed by atoms with van der Waals surface area (Å²) >= 11 is 0. The standard InChI is InChI=1S/C31H44O6/c1-18(2)26(32)35-17-25(28(34)37-31-14-22-8-23(15-31)10-24(9-22)16-31)27(33)36-29(3,4)30-11-19-5-20(12-30)7-21(6-19)13-30/h19-25H,1,5-17H2,2-4H3. The summed E-state index contributed by atoms with van der Waals surface area (Å²) in [5.41, 5.74) is -0.980. The normalized spacial score (nSPS) is 41.8. The second-order valence-corrected chi connectivity index (χ2v) is 14.6. The smallest absolute Gasteiger partial charge is 0.333 e. The lowest BCUT2D eigenvalue weighted by molar-refractivity contribution is -0.211. The lowest BCUT2D eigenvalue weighted by atomic mass is 9.46. The fraction of sp³-hybridized carbons (Fsp3) is 0.839. The van der Waals surface area contributed by atoms with Crippen molar-refractivity contribution < 1.29 is 28.6 Å². The molecule has 0 radical (unpaired) electrons. The van der Waals surface area contributed by atoms with Crippen LogP contribution >= 0.6 is 0 Å². The molecule has 0 aromatic rings. The number of esters is 3. The maximum atomic E-state index is 13.7. The molecule has 1 unspecified atom stereocenters. The van der Waals surface area contributed by atoms with Crippen LogP contribution in [0.2, 0.25) is 0 Å². The Hall–Kier alpha value is -1.85. The average Bonchev–Trinajstić information content (AvgIpc) is 2.76. The van der Waals surface area contributed by atoms with Crippen LogP contribution in [0.1, 0.15) is 97.8 Å². The molecule has 6 heteroatoms. The van der Waals surface area contributed by atoms with E-state index < -0.39 is 35.0 Å². The molecule has 8 aliphatic carbocycles. The van der Waals surface area contributed by atoms with Gasteiger partial charge in [-0.15, -0.1) is 0 Å². The fourth-order valence-electron chi connectivity index (χ4n) is 10.2. The lowest BCUT2D eigenvalue weighted by Crippen LogP contribution is -2.58. The van der Waals surface area contributed by atoms with Gasteiger partial charge in [-0.2, -0.15) is 0 Å². The van der Waals surface area contributed by atoms with Crippen molar-refractivity contribution in [3.63, 3.8) is 0 Å². The van der Waals surface area contributed by atoms with E-state index in [1.807, 2.05) is 13.8 Å². The third-order valence-corrected chi connectivity index (χ3v) is 11.3. The maximum Gasteiger partial charge on any atom is 0.333 e. The minimum Gasteiger partial charge on any atom is -0.461 e. The van der Waals surface area contributed by atoms with E-state index in [1.54, 1.807) is 6.92 Å². The summed E-state index contributed by atoms with van der Waals surface area (Å²) in [6, 6.07) is 0. The van der Waals surface area contributed by atoms with Gasteiger partial charge in [-0.1, -0.05) is 6.58 Å². The molecule has 0 heterocycles. The number of ether oxygens (including phenoxy) is 3. The number of hydrogen-bond donors (Lipinski definition) is 0. The zero-order valence-electron chi connectivity index (χ0n) is 22.9. The van der Waals surface area contributed by atoms with E-state index in [1.165, 1.54) is 38.5 Å². The van der Waals surface area contributed by atoms with Crippen molar-refractivity contribution in [1.29, 1.82) is 0 Å². The monoisotopic (exact) mass is 512 g/mol. The van der Waals surface area contributed by atoms with Crippen molar-refractivity contribution in [2.24, 2.45) is 46.8 Å². The Bertz CT molecular complexity index is 921. The molecule has 0 aromatic carbocycles. The molecule has 0 amide bonds. The van der Waals surface area contributed by atoms with Gasteiger partial charge in [0.05, 0.1) is 0 Å². The van der Waals surface area contributed by atoms with Crippen LogP contribution in [0.5, 0.6) is 0 Å². The van der Waals surface area contributed by atoms with Gasteiger partial charge in [0.1, 0.15) is 17.8 Å². The molecular formula is C31H44O6. The van der Waals surface area contributed by atoms with E-state index in [-0.39, 0.29) is 17.6 Å². The highest BCUT2D eigenvalue weighted by Crippen LogP contribution is 2.64. The summed E-state index contributed by atoms with van der Waals surface area (Å²) in [6.45, 7) is 8.87. The van der Waals surface area contributed by atoms with Crippen LogP contribution in [-0.4, -0.2) is 35.7 Å². The Morgan fingerprint density at radius 2 is 1.22 bits per heavy atom. The van der Waals surface area contributed by atoms with Crippen molar-refractivity contribution in [2.45, 2.75) is 109 Å². The first-order chi connectivity index (χ1) is 17.4. The Morgan fingerprint density at radius 3 is 1.65 bits per heavy atom. The number of carbonyl (C=O) groups is 3. The second kappa shape index (κ2) is 8.84. The van der Waals surface area contributed by atoms with Gasteiger partial charge in [0.15, 0.2) is 5.92 Å². The molecule has 204 valence electrons. The topological polar surface area (TPSA) is 78.9 Å².